The average molecular weight is 842 g/mol. The monoisotopic (exact) mass is 842 g/mol. The maximum atomic E-state index is 12.3. The zero-order valence-electron chi connectivity index (χ0n) is 37.3. The molecule has 3 unspecified atom stereocenters. The molecule has 0 aliphatic rings. The van der Waals surface area contributed by atoms with E-state index in [0.717, 1.165) is 148 Å². The van der Waals surface area contributed by atoms with Crippen molar-refractivity contribution in [1.29, 1.82) is 0 Å². The van der Waals surface area contributed by atoms with Gasteiger partial charge >= 0.3 is 29.8 Å². The molecule has 0 aromatic heterocycles. The molecular formula is C47H87NO11. The Morgan fingerprint density at radius 3 is 1.22 bits per heavy atom. The Labute approximate surface area is 357 Å². The number of hydrogen-bond donors (Lipinski definition) is 4. The molecule has 5 N–H and O–H groups in total. The van der Waals surface area contributed by atoms with Crippen LogP contribution in [-0.4, -0.2) is 76.6 Å². The number of carboxylic acid groups (broad SMARTS) is 2. The van der Waals surface area contributed by atoms with Gasteiger partial charge in [0.05, 0.1) is 19.3 Å². The number of aliphatic hydroxyl groups is 1. The lowest BCUT2D eigenvalue weighted by atomic mass is 9.99. The fourth-order valence-corrected chi connectivity index (χ4v) is 7.16. The molecule has 59 heavy (non-hydrogen) atoms. The van der Waals surface area contributed by atoms with Gasteiger partial charge in [0.25, 0.3) is 0 Å². The van der Waals surface area contributed by atoms with Crippen LogP contribution in [0.25, 0.3) is 0 Å². The maximum absolute atomic E-state index is 12.3. The van der Waals surface area contributed by atoms with Crippen LogP contribution in [0.3, 0.4) is 0 Å². The number of nitrogens with two attached hydrogens (primary N) is 1. The van der Waals surface area contributed by atoms with Crippen molar-refractivity contribution < 1.29 is 53.5 Å². The second-order valence-electron chi connectivity index (χ2n) is 16.6. The molecule has 0 bridgehead atoms. The summed E-state index contributed by atoms with van der Waals surface area (Å²) in [5.74, 6) is -2.54. The Balaban J connectivity index is 3.57. The van der Waals surface area contributed by atoms with Gasteiger partial charge in [-0.15, -0.1) is 0 Å². The molecule has 0 saturated heterocycles. The van der Waals surface area contributed by atoms with Crippen molar-refractivity contribution in [1.82, 2.24) is 0 Å². The van der Waals surface area contributed by atoms with E-state index in [-0.39, 0.29) is 31.2 Å². The minimum absolute atomic E-state index is 0.0103. The number of esters is 3. The van der Waals surface area contributed by atoms with Crippen LogP contribution in [0.15, 0.2) is 0 Å². The number of carbonyl (C=O) groups excluding carboxylic acids is 3. The standard InChI is InChI=1S/C47H87NO11/c1-2-3-24-32-42(59-46(54)37-36-40(48)47(55)56)41(49)31-25-18-12-8-9-15-21-28-35-45(53)58-39-30-23-17-11-10-16-22-29-38-57-44(52)34-27-20-14-7-5-4-6-13-19-26-33-43(50)51/h40-42,49H,2-39,48H2,1H3,(H,50,51)(H,55,56). The molecule has 12 nitrogen and oxygen atoms in total. The SMILES string of the molecule is CCCCCC(OC(=O)CCC(N)C(=O)O)C(O)CCCCCCCCCCC(=O)OCCCCCCCCCCOC(=O)CCCCCCCCCCCCC(=O)O. The quantitative estimate of drug-likeness (QED) is 0.0257. The van der Waals surface area contributed by atoms with Crippen molar-refractivity contribution in [2.75, 3.05) is 13.2 Å². The summed E-state index contributed by atoms with van der Waals surface area (Å²) in [7, 11) is 0. The zero-order chi connectivity index (χ0) is 43.6. The lowest BCUT2D eigenvalue weighted by molar-refractivity contribution is -0.156. The molecule has 0 saturated carbocycles. The average Bonchev–Trinajstić information content (AvgIpc) is 3.20. The first kappa shape index (κ1) is 56.3. The maximum Gasteiger partial charge on any atom is 0.320 e. The van der Waals surface area contributed by atoms with Crippen molar-refractivity contribution in [3.05, 3.63) is 0 Å². The van der Waals surface area contributed by atoms with Gasteiger partial charge in [0.1, 0.15) is 12.1 Å². The van der Waals surface area contributed by atoms with Crippen LogP contribution in [0, 0.1) is 0 Å². The van der Waals surface area contributed by atoms with E-state index in [0.29, 0.717) is 38.9 Å². The highest BCUT2D eigenvalue weighted by molar-refractivity contribution is 5.75. The molecule has 0 aromatic rings. The molecule has 0 fully saturated rings. The van der Waals surface area contributed by atoms with Crippen molar-refractivity contribution in [2.45, 2.75) is 256 Å². The van der Waals surface area contributed by atoms with Crippen molar-refractivity contribution in [2.24, 2.45) is 5.73 Å². The topological polar surface area (TPSA) is 200 Å². The van der Waals surface area contributed by atoms with Crippen LogP contribution < -0.4 is 5.73 Å². The summed E-state index contributed by atoms with van der Waals surface area (Å²) in [4.78, 5) is 57.7. The summed E-state index contributed by atoms with van der Waals surface area (Å²) in [6.07, 6.45) is 31.5. The molecule has 0 spiro atoms. The van der Waals surface area contributed by atoms with Crippen LogP contribution in [0.1, 0.15) is 238 Å². The third kappa shape index (κ3) is 40.4. The van der Waals surface area contributed by atoms with Crippen LogP contribution in [0.4, 0.5) is 0 Å². The molecule has 346 valence electrons. The van der Waals surface area contributed by atoms with E-state index in [4.69, 9.17) is 30.2 Å². The highest BCUT2D eigenvalue weighted by Gasteiger charge is 2.24. The van der Waals surface area contributed by atoms with E-state index in [1.54, 1.807) is 0 Å². The third-order valence-electron chi connectivity index (χ3n) is 11.0. The molecule has 0 aliphatic carbocycles. The lowest BCUT2D eigenvalue weighted by Crippen LogP contribution is -2.33. The summed E-state index contributed by atoms with van der Waals surface area (Å²) < 4.78 is 16.4. The molecule has 0 radical (unpaired) electrons. The minimum Gasteiger partial charge on any atom is -0.481 e. The minimum atomic E-state index is -1.15. The zero-order valence-corrected chi connectivity index (χ0v) is 37.3. The first-order valence-corrected chi connectivity index (χ1v) is 24.0. The number of carboxylic acids is 2. The smallest absolute Gasteiger partial charge is 0.320 e. The summed E-state index contributed by atoms with van der Waals surface area (Å²) in [5, 5.41) is 28.3. The van der Waals surface area contributed by atoms with E-state index in [1.165, 1.54) is 38.5 Å². The predicted octanol–water partition coefficient (Wildman–Crippen LogP) is 10.9. The summed E-state index contributed by atoms with van der Waals surface area (Å²) in [6.45, 7) is 3.11. The largest absolute Gasteiger partial charge is 0.481 e. The number of ether oxygens (including phenoxy) is 3. The van der Waals surface area contributed by atoms with E-state index < -0.39 is 36.2 Å². The van der Waals surface area contributed by atoms with Crippen molar-refractivity contribution in [3.63, 3.8) is 0 Å². The number of hydrogen-bond acceptors (Lipinski definition) is 10. The number of aliphatic hydroxyl groups excluding tert-OH is 1. The Morgan fingerprint density at radius 2 is 0.814 bits per heavy atom. The molecule has 0 rings (SSSR count). The van der Waals surface area contributed by atoms with Crippen LogP contribution >= 0.6 is 0 Å². The van der Waals surface area contributed by atoms with Gasteiger partial charge in [0, 0.05) is 25.7 Å². The molecule has 0 aromatic carbocycles. The van der Waals surface area contributed by atoms with Crippen LogP contribution in [0.5, 0.6) is 0 Å². The highest BCUT2D eigenvalue weighted by atomic mass is 16.6. The molecule has 0 amide bonds. The van der Waals surface area contributed by atoms with Gasteiger partial charge in [0.2, 0.25) is 0 Å². The van der Waals surface area contributed by atoms with Gasteiger partial charge in [-0.3, -0.25) is 24.0 Å². The van der Waals surface area contributed by atoms with Gasteiger partial charge in [0.15, 0.2) is 0 Å². The normalized spacial score (nSPS) is 12.8. The van der Waals surface area contributed by atoms with E-state index in [9.17, 15) is 29.1 Å². The summed E-state index contributed by atoms with van der Waals surface area (Å²) in [6, 6.07) is -1.10. The van der Waals surface area contributed by atoms with Crippen molar-refractivity contribution in [3.8, 4) is 0 Å². The second kappa shape index (κ2) is 42.0. The Bertz CT molecular complexity index is 1040. The number of carbonyl (C=O) groups is 5. The van der Waals surface area contributed by atoms with Crippen LogP contribution in [-0.2, 0) is 38.2 Å². The van der Waals surface area contributed by atoms with Crippen LogP contribution in [0.2, 0.25) is 0 Å². The van der Waals surface area contributed by atoms with Gasteiger partial charge in [-0.1, -0.05) is 155 Å². The molecule has 0 heterocycles. The molecular weight excluding hydrogens is 755 g/mol. The van der Waals surface area contributed by atoms with Gasteiger partial charge < -0.3 is 35.3 Å². The Hall–Kier alpha value is -2.73. The number of unbranched alkanes of at least 4 members (excludes halogenated alkanes) is 25. The summed E-state index contributed by atoms with van der Waals surface area (Å²) in [5.41, 5.74) is 5.49. The fraction of sp³-hybridized carbons (Fsp3) is 0.894. The van der Waals surface area contributed by atoms with Gasteiger partial charge in [-0.25, -0.2) is 0 Å². The second-order valence-corrected chi connectivity index (χ2v) is 16.6. The molecule has 12 heteroatoms. The lowest BCUT2D eigenvalue weighted by Gasteiger charge is -2.23. The first-order valence-electron chi connectivity index (χ1n) is 24.0. The molecule has 0 aliphatic heterocycles. The van der Waals surface area contributed by atoms with Gasteiger partial charge in [-0.05, 0) is 57.8 Å². The van der Waals surface area contributed by atoms with Gasteiger partial charge in [-0.2, -0.15) is 0 Å². The summed E-state index contributed by atoms with van der Waals surface area (Å²) >= 11 is 0. The van der Waals surface area contributed by atoms with Crippen molar-refractivity contribution >= 4 is 29.8 Å². The first-order chi connectivity index (χ1) is 28.6. The molecule has 3 atom stereocenters. The Morgan fingerprint density at radius 1 is 0.441 bits per heavy atom. The third-order valence-corrected chi connectivity index (χ3v) is 11.0. The van der Waals surface area contributed by atoms with E-state index >= 15 is 0 Å². The number of aliphatic carboxylic acids is 2. The van der Waals surface area contributed by atoms with E-state index in [1.807, 2.05) is 0 Å². The Kier molecular flexibility index (Phi) is 40.0. The predicted molar refractivity (Wildman–Crippen MR) is 233 cm³/mol. The highest BCUT2D eigenvalue weighted by Crippen LogP contribution is 2.19. The van der Waals surface area contributed by atoms with E-state index in [2.05, 4.69) is 6.92 Å². The fourth-order valence-electron chi connectivity index (χ4n) is 7.16. The number of rotatable bonds is 45.